The van der Waals surface area contributed by atoms with Crippen molar-refractivity contribution in [2.75, 3.05) is 37.4 Å². The Morgan fingerprint density at radius 3 is 2.90 bits per heavy atom. The van der Waals surface area contributed by atoms with Crippen molar-refractivity contribution >= 4 is 49.1 Å². The molecule has 3 aromatic heterocycles. The van der Waals surface area contributed by atoms with Gasteiger partial charge in [-0.1, -0.05) is 6.58 Å². The molecule has 1 saturated heterocycles. The van der Waals surface area contributed by atoms with Gasteiger partial charge in [-0.3, -0.25) is 9.78 Å². The largest absolute Gasteiger partial charge is 0.461 e. The van der Waals surface area contributed by atoms with Gasteiger partial charge in [-0.25, -0.2) is 8.78 Å². The summed E-state index contributed by atoms with van der Waals surface area (Å²) >= 11 is 0.904. The number of hydrogen-bond acceptors (Lipinski definition) is 10. The number of aliphatic hydroxyl groups is 1. The van der Waals surface area contributed by atoms with Crippen LogP contribution in [-0.2, 0) is 4.79 Å². The van der Waals surface area contributed by atoms with Crippen LogP contribution in [0.25, 0.3) is 32.2 Å². The van der Waals surface area contributed by atoms with Gasteiger partial charge in [0.25, 0.3) is 0 Å². The Morgan fingerprint density at radius 1 is 1.43 bits per heavy atom. The summed E-state index contributed by atoms with van der Waals surface area (Å²) in [6.07, 6.45) is 3.32. The number of carbonyl (C=O) groups excluding carboxylic acids is 1. The average molecular weight is 566 g/mol. The summed E-state index contributed by atoms with van der Waals surface area (Å²) in [5.41, 5.74) is 5.93. The second-order valence-corrected chi connectivity index (χ2v) is 10.3. The van der Waals surface area contributed by atoms with Crippen molar-refractivity contribution in [3.05, 3.63) is 48.2 Å². The highest BCUT2D eigenvalue weighted by Crippen LogP contribution is 2.42. The molecule has 1 fully saturated rings. The van der Waals surface area contributed by atoms with Crippen molar-refractivity contribution in [1.29, 1.82) is 5.26 Å². The first-order valence-electron chi connectivity index (χ1n) is 12.4. The highest BCUT2D eigenvalue weighted by molar-refractivity contribution is 7.23. The van der Waals surface area contributed by atoms with Crippen molar-refractivity contribution in [3.8, 4) is 23.3 Å². The third kappa shape index (κ3) is 4.35. The number of nitrogen functional groups attached to an aromatic ring is 1. The van der Waals surface area contributed by atoms with Crippen LogP contribution >= 0.6 is 11.3 Å². The molecule has 0 radical (unpaired) electrons. The molecule has 4 heterocycles. The Bertz CT molecular complexity index is 1700. The normalized spacial score (nSPS) is 16.9. The summed E-state index contributed by atoms with van der Waals surface area (Å²) < 4.78 is 36.5. The molecule has 0 spiro atoms. The van der Waals surface area contributed by atoms with E-state index in [-0.39, 0.29) is 80.0 Å². The number of anilines is 2. The van der Waals surface area contributed by atoms with Gasteiger partial charge < -0.3 is 25.4 Å². The molecular weight excluding hydrogens is 540 g/mol. The Balaban J connectivity index is 1.69. The van der Waals surface area contributed by atoms with E-state index >= 15 is 4.39 Å². The van der Waals surface area contributed by atoms with Crippen molar-refractivity contribution in [3.63, 3.8) is 0 Å². The number of thiophene rings is 1. The van der Waals surface area contributed by atoms with E-state index in [0.717, 1.165) is 11.3 Å². The number of nitrogens with two attached hydrogens (primary N) is 1. The lowest BCUT2D eigenvalue weighted by molar-refractivity contribution is -0.126. The van der Waals surface area contributed by atoms with E-state index in [2.05, 4.69) is 21.5 Å². The predicted octanol–water partition coefficient (Wildman–Crippen LogP) is 3.62. The third-order valence-corrected chi connectivity index (χ3v) is 8.18. The summed E-state index contributed by atoms with van der Waals surface area (Å²) in [4.78, 5) is 29.0. The number of rotatable bonds is 7. The van der Waals surface area contributed by atoms with Crippen LogP contribution in [-0.4, -0.2) is 69.8 Å². The molecule has 5 rings (SSSR count). The Morgan fingerprint density at radius 2 is 2.20 bits per heavy atom. The molecule has 0 unspecified atom stereocenters. The van der Waals surface area contributed by atoms with E-state index in [1.165, 1.54) is 24.4 Å². The number of ether oxygens (including phenoxy) is 1. The van der Waals surface area contributed by atoms with E-state index in [4.69, 9.17) is 10.5 Å². The minimum atomic E-state index is -0.826. The molecule has 13 heteroatoms. The monoisotopic (exact) mass is 565 g/mol. The summed E-state index contributed by atoms with van der Waals surface area (Å²) in [6.45, 7) is 5.58. The molecule has 206 valence electrons. The first-order chi connectivity index (χ1) is 19.2. The van der Waals surface area contributed by atoms with Crippen LogP contribution in [0.1, 0.15) is 18.9 Å². The number of halogens is 2. The van der Waals surface area contributed by atoms with Gasteiger partial charge in [0.1, 0.15) is 40.5 Å². The highest BCUT2D eigenvalue weighted by Gasteiger charge is 2.37. The number of aromatic nitrogens is 3. The standard InChI is InChI=1S/C27H25F2N7O3S/c1-4-19(38)36-8-7-18(13(36)2)35(3)26-16-12-32-22(21(29)23(16)33-27(34-26)39-10-9-37)14-5-6-17(28)24-20(14)15(11-30)25(31)40-24/h4-6,12-13,18,37H,1,7-10,31H2,2-3H3/t13-,18-/m1/s1. The molecule has 1 aliphatic rings. The molecule has 1 amide bonds. The van der Waals surface area contributed by atoms with Gasteiger partial charge in [-0.15, -0.1) is 11.3 Å². The minimum absolute atomic E-state index is 0.0414. The number of pyridine rings is 1. The van der Waals surface area contributed by atoms with Gasteiger partial charge in [0.15, 0.2) is 5.82 Å². The summed E-state index contributed by atoms with van der Waals surface area (Å²) in [5, 5.41) is 19.5. The molecule has 1 aromatic carbocycles. The number of likely N-dealkylation sites (N-methyl/N-ethyl adjacent to an activating group) is 1. The maximum Gasteiger partial charge on any atom is 0.319 e. The Hall–Kier alpha value is -4.41. The van der Waals surface area contributed by atoms with Crippen LogP contribution in [0.3, 0.4) is 0 Å². The molecule has 0 aliphatic carbocycles. The minimum Gasteiger partial charge on any atom is -0.461 e. The lowest BCUT2D eigenvalue weighted by Crippen LogP contribution is -2.43. The van der Waals surface area contributed by atoms with Crippen LogP contribution in [0, 0.1) is 23.0 Å². The number of amides is 1. The Labute approximate surface area is 231 Å². The zero-order chi connectivity index (χ0) is 28.7. The SMILES string of the molecule is C=CC(=O)N1CC[C@@H](N(C)c2nc(OCCO)nc3c(F)c(-c4ccc(F)c5sc(N)c(C#N)c45)ncc23)[C@H]1C. The van der Waals surface area contributed by atoms with Crippen LogP contribution in [0.5, 0.6) is 6.01 Å². The van der Waals surface area contributed by atoms with Gasteiger partial charge in [0.2, 0.25) is 5.91 Å². The van der Waals surface area contributed by atoms with E-state index in [1.807, 2.05) is 17.9 Å². The van der Waals surface area contributed by atoms with Crippen LogP contribution in [0.4, 0.5) is 19.6 Å². The van der Waals surface area contributed by atoms with Crippen molar-refractivity contribution in [1.82, 2.24) is 19.9 Å². The van der Waals surface area contributed by atoms with Crippen LogP contribution in [0.2, 0.25) is 0 Å². The first kappa shape index (κ1) is 27.2. The third-order valence-electron chi connectivity index (χ3n) is 7.15. The fourth-order valence-corrected chi connectivity index (χ4v) is 6.15. The summed E-state index contributed by atoms with van der Waals surface area (Å²) in [7, 11) is 1.78. The molecule has 0 saturated carbocycles. The number of nitriles is 1. The van der Waals surface area contributed by atoms with E-state index in [1.54, 1.807) is 11.9 Å². The smallest absolute Gasteiger partial charge is 0.319 e. The van der Waals surface area contributed by atoms with Gasteiger partial charge in [-0.05, 0) is 31.6 Å². The Kier molecular flexibility index (Phi) is 7.22. The van der Waals surface area contributed by atoms with Gasteiger partial charge in [0.05, 0.1) is 28.3 Å². The summed E-state index contributed by atoms with van der Waals surface area (Å²) in [5.74, 6) is -1.27. The molecule has 4 aromatic rings. The summed E-state index contributed by atoms with van der Waals surface area (Å²) in [6, 6.07) is 3.98. The quantitative estimate of drug-likeness (QED) is 0.321. The number of fused-ring (bicyclic) bond motifs is 2. The zero-order valence-electron chi connectivity index (χ0n) is 21.7. The number of likely N-dealkylation sites (tertiary alicyclic amines) is 1. The molecule has 40 heavy (non-hydrogen) atoms. The van der Waals surface area contributed by atoms with Crippen LogP contribution in [0.15, 0.2) is 31.0 Å². The maximum absolute atomic E-state index is 16.3. The van der Waals surface area contributed by atoms with E-state index < -0.39 is 11.6 Å². The average Bonchev–Trinajstić information content (AvgIpc) is 3.51. The molecule has 0 bridgehead atoms. The van der Waals surface area contributed by atoms with Crippen LogP contribution < -0.4 is 15.4 Å². The van der Waals surface area contributed by atoms with Crippen molar-refractivity contribution in [2.45, 2.75) is 25.4 Å². The molecule has 1 aliphatic heterocycles. The number of nitrogens with zero attached hydrogens (tertiary/aromatic N) is 6. The van der Waals surface area contributed by atoms with Gasteiger partial charge >= 0.3 is 6.01 Å². The maximum atomic E-state index is 16.3. The molecule has 3 N–H and O–H groups in total. The van der Waals surface area contributed by atoms with E-state index in [0.29, 0.717) is 18.8 Å². The fourth-order valence-electron chi connectivity index (χ4n) is 5.20. The van der Waals surface area contributed by atoms with Crippen molar-refractivity contribution < 1.29 is 23.4 Å². The molecule has 2 atom stereocenters. The number of aliphatic hydroxyl groups excluding tert-OH is 1. The number of benzene rings is 1. The highest BCUT2D eigenvalue weighted by atomic mass is 32.1. The first-order valence-corrected chi connectivity index (χ1v) is 13.2. The lowest BCUT2D eigenvalue weighted by atomic mass is 10.0. The lowest BCUT2D eigenvalue weighted by Gasteiger charge is -2.31. The number of carbonyl (C=O) groups is 1. The molecular formula is C27H25F2N7O3S. The topological polar surface area (TPSA) is 141 Å². The zero-order valence-corrected chi connectivity index (χ0v) is 22.5. The molecule has 10 nitrogen and oxygen atoms in total. The van der Waals surface area contributed by atoms with Gasteiger partial charge in [-0.2, -0.15) is 15.2 Å². The van der Waals surface area contributed by atoms with Crippen molar-refractivity contribution in [2.24, 2.45) is 0 Å². The van der Waals surface area contributed by atoms with Gasteiger partial charge in [0, 0.05) is 36.8 Å². The fraction of sp³-hybridized carbons (Fsp3) is 0.296. The second kappa shape index (κ2) is 10.6. The predicted molar refractivity (Wildman–Crippen MR) is 148 cm³/mol. The van der Waals surface area contributed by atoms with E-state index in [9.17, 15) is 19.6 Å². The second-order valence-electron chi connectivity index (χ2n) is 9.28. The number of hydrogen-bond donors (Lipinski definition) is 2.